The van der Waals surface area contributed by atoms with Gasteiger partial charge in [-0.3, -0.25) is 4.84 Å². The van der Waals surface area contributed by atoms with Crippen molar-refractivity contribution in [3.63, 3.8) is 0 Å². The molecule has 1 aromatic rings. The second-order valence-electron chi connectivity index (χ2n) is 6.51. The zero-order chi connectivity index (χ0) is 19.2. The lowest BCUT2D eigenvalue weighted by Crippen LogP contribution is -2.50. The van der Waals surface area contributed by atoms with Crippen molar-refractivity contribution >= 4 is 11.9 Å². The summed E-state index contributed by atoms with van der Waals surface area (Å²) in [5.74, 6) is -0.930. The van der Waals surface area contributed by atoms with Gasteiger partial charge in [0.15, 0.2) is 12.4 Å². The van der Waals surface area contributed by atoms with Crippen LogP contribution in [0.25, 0.3) is 0 Å². The summed E-state index contributed by atoms with van der Waals surface area (Å²) < 4.78 is 16.2. The molecule has 8 heteroatoms. The van der Waals surface area contributed by atoms with Crippen molar-refractivity contribution in [2.75, 3.05) is 13.7 Å². The minimum Gasteiger partial charge on any atom is -0.467 e. The SMILES string of the molecule is CCCCO[C@H]1C[C@@H](OC(=O)c2ccccc2)[C@@H]2C[C@H](C(=O)OC)ON2O1. The van der Waals surface area contributed by atoms with E-state index < -0.39 is 36.5 Å². The van der Waals surface area contributed by atoms with Gasteiger partial charge in [-0.25, -0.2) is 14.4 Å². The zero-order valence-corrected chi connectivity index (χ0v) is 15.5. The Kier molecular flexibility index (Phi) is 6.78. The Bertz CT molecular complexity index is 638. The number of carbonyl (C=O) groups is 2. The van der Waals surface area contributed by atoms with Gasteiger partial charge in [0.05, 0.1) is 12.7 Å². The zero-order valence-electron chi connectivity index (χ0n) is 15.5. The molecule has 3 rings (SSSR count). The third-order valence-electron chi connectivity index (χ3n) is 4.57. The van der Waals surface area contributed by atoms with Gasteiger partial charge in [0.2, 0.25) is 0 Å². The molecule has 0 aromatic heterocycles. The summed E-state index contributed by atoms with van der Waals surface area (Å²) in [6.07, 6.45) is 0.607. The van der Waals surface area contributed by atoms with E-state index in [2.05, 4.69) is 6.92 Å². The van der Waals surface area contributed by atoms with Gasteiger partial charge in [-0.2, -0.15) is 0 Å². The highest BCUT2D eigenvalue weighted by molar-refractivity contribution is 5.89. The highest BCUT2D eigenvalue weighted by Crippen LogP contribution is 2.34. The van der Waals surface area contributed by atoms with E-state index in [0.29, 0.717) is 25.0 Å². The highest BCUT2D eigenvalue weighted by atomic mass is 17.0. The fourth-order valence-electron chi connectivity index (χ4n) is 3.08. The Labute approximate surface area is 158 Å². The Balaban J connectivity index is 1.70. The molecule has 0 saturated carbocycles. The van der Waals surface area contributed by atoms with Gasteiger partial charge < -0.3 is 14.2 Å². The van der Waals surface area contributed by atoms with E-state index in [4.69, 9.17) is 23.9 Å². The van der Waals surface area contributed by atoms with Gasteiger partial charge in [-0.15, -0.1) is 0 Å². The van der Waals surface area contributed by atoms with Crippen LogP contribution in [0, 0.1) is 0 Å². The van der Waals surface area contributed by atoms with Crippen molar-refractivity contribution in [1.82, 2.24) is 5.23 Å². The number of fused-ring (bicyclic) bond motifs is 1. The second kappa shape index (κ2) is 9.27. The molecule has 27 heavy (non-hydrogen) atoms. The highest BCUT2D eigenvalue weighted by Gasteiger charge is 2.50. The van der Waals surface area contributed by atoms with Crippen LogP contribution in [-0.2, 0) is 28.7 Å². The van der Waals surface area contributed by atoms with Crippen LogP contribution < -0.4 is 0 Å². The number of unbranched alkanes of at least 4 members (excludes halogenated alkanes) is 1. The number of ether oxygens (including phenoxy) is 3. The van der Waals surface area contributed by atoms with Crippen LogP contribution in [0.2, 0.25) is 0 Å². The normalized spacial score (nSPS) is 27.8. The standard InChI is InChI=1S/C19H25NO7/c1-3-4-10-24-17-12-15(25-18(21)13-8-6-5-7-9-13)14-11-16(19(22)23-2)26-20(14)27-17/h5-9,14-17H,3-4,10-12H2,1-2H3/t14-,15+,16+,17+/m0/s1. The van der Waals surface area contributed by atoms with E-state index >= 15 is 0 Å². The fourth-order valence-corrected chi connectivity index (χ4v) is 3.08. The van der Waals surface area contributed by atoms with Gasteiger partial charge in [-0.1, -0.05) is 36.8 Å². The van der Waals surface area contributed by atoms with E-state index in [1.54, 1.807) is 24.3 Å². The predicted octanol–water partition coefficient (Wildman–Crippen LogP) is 2.24. The summed E-state index contributed by atoms with van der Waals surface area (Å²) in [7, 11) is 1.30. The van der Waals surface area contributed by atoms with Crippen LogP contribution in [0.5, 0.6) is 0 Å². The Morgan fingerprint density at radius 2 is 1.96 bits per heavy atom. The van der Waals surface area contributed by atoms with Gasteiger partial charge in [0, 0.05) is 19.4 Å². The molecule has 2 saturated heterocycles. The fraction of sp³-hybridized carbons (Fsp3) is 0.579. The smallest absolute Gasteiger partial charge is 0.338 e. The van der Waals surface area contributed by atoms with Crippen LogP contribution in [0.1, 0.15) is 43.0 Å². The van der Waals surface area contributed by atoms with E-state index in [1.807, 2.05) is 6.07 Å². The lowest BCUT2D eigenvalue weighted by atomic mass is 10.0. The summed E-state index contributed by atoms with van der Waals surface area (Å²) in [4.78, 5) is 35.5. The molecule has 1 aromatic carbocycles. The van der Waals surface area contributed by atoms with Crippen molar-refractivity contribution in [3.05, 3.63) is 35.9 Å². The molecule has 2 fully saturated rings. The maximum Gasteiger partial charge on any atom is 0.338 e. The summed E-state index contributed by atoms with van der Waals surface area (Å²) in [5.41, 5.74) is 0.461. The van der Waals surface area contributed by atoms with Crippen molar-refractivity contribution in [2.24, 2.45) is 0 Å². The summed E-state index contributed by atoms with van der Waals surface area (Å²) in [5, 5.41) is 1.23. The minimum atomic E-state index is -0.799. The first kappa shape index (κ1) is 19.8. The molecule has 2 aliphatic heterocycles. The molecule has 2 heterocycles. The minimum absolute atomic E-state index is 0.307. The number of rotatable bonds is 7. The first-order valence-corrected chi connectivity index (χ1v) is 9.20. The van der Waals surface area contributed by atoms with Crippen molar-refractivity contribution in [2.45, 2.75) is 57.1 Å². The van der Waals surface area contributed by atoms with E-state index in [1.165, 1.54) is 12.3 Å². The monoisotopic (exact) mass is 379 g/mol. The number of hydrogen-bond acceptors (Lipinski definition) is 8. The maximum absolute atomic E-state index is 12.5. The van der Waals surface area contributed by atoms with Crippen LogP contribution in [-0.4, -0.2) is 55.4 Å². The number of methoxy groups -OCH3 is 1. The first-order chi connectivity index (χ1) is 13.1. The Morgan fingerprint density at radius 1 is 1.19 bits per heavy atom. The largest absolute Gasteiger partial charge is 0.467 e. The van der Waals surface area contributed by atoms with Crippen molar-refractivity contribution in [1.29, 1.82) is 0 Å². The number of benzene rings is 1. The maximum atomic E-state index is 12.5. The average molecular weight is 379 g/mol. The van der Waals surface area contributed by atoms with Crippen LogP contribution in [0.3, 0.4) is 0 Å². The quantitative estimate of drug-likeness (QED) is 0.527. The lowest BCUT2D eigenvalue weighted by molar-refractivity contribution is -0.442. The van der Waals surface area contributed by atoms with Gasteiger partial charge >= 0.3 is 11.9 Å². The van der Waals surface area contributed by atoms with Crippen molar-refractivity contribution < 1.29 is 33.5 Å². The molecule has 148 valence electrons. The van der Waals surface area contributed by atoms with Crippen LogP contribution in [0.4, 0.5) is 0 Å². The molecule has 4 atom stereocenters. The van der Waals surface area contributed by atoms with E-state index in [-0.39, 0.29) is 0 Å². The molecule has 2 aliphatic rings. The van der Waals surface area contributed by atoms with Crippen LogP contribution >= 0.6 is 0 Å². The van der Waals surface area contributed by atoms with Gasteiger partial charge in [-0.05, 0) is 18.6 Å². The number of hydroxylamine groups is 2. The molecule has 0 bridgehead atoms. The second-order valence-corrected chi connectivity index (χ2v) is 6.51. The molecule has 0 amide bonds. The average Bonchev–Trinajstić information content (AvgIpc) is 3.13. The Hall–Kier alpha value is -2.00. The Morgan fingerprint density at radius 3 is 2.67 bits per heavy atom. The summed E-state index contributed by atoms with van der Waals surface area (Å²) >= 11 is 0. The third kappa shape index (κ3) is 4.84. The molecule has 0 N–H and O–H groups in total. The molecule has 0 spiro atoms. The number of esters is 2. The first-order valence-electron chi connectivity index (χ1n) is 9.20. The number of nitrogens with zero attached hydrogens (tertiary/aromatic N) is 1. The lowest BCUT2D eigenvalue weighted by Gasteiger charge is -2.37. The van der Waals surface area contributed by atoms with Crippen molar-refractivity contribution in [3.8, 4) is 0 Å². The number of carbonyl (C=O) groups excluding carboxylic acids is 2. The third-order valence-corrected chi connectivity index (χ3v) is 4.57. The van der Waals surface area contributed by atoms with E-state index in [0.717, 1.165) is 12.8 Å². The number of hydrogen-bond donors (Lipinski definition) is 0. The molecular formula is C19H25NO7. The topological polar surface area (TPSA) is 83.5 Å². The molecule has 0 unspecified atom stereocenters. The molecular weight excluding hydrogens is 354 g/mol. The van der Waals surface area contributed by atoms with Crippen LogP contribution in [0.15, 0.2) is 30.3 Å². The molecule has 0 radical (unpaired) electrons. The molecule has 8 nitrogen and oxygen atoms in total. The van der Waals surface area contributed by atoms with Gasteiger partial charge in [0.25, 0.3) is 0 Å². The van der Waals surface area contributed by atoms with Gasteiger partial charge in [0.1, 0.15) is 12.1 Å². The molecule has 0 aliphatic carbocycles. The summed E-state index contributed by atoms with van der Waals surface area (Å²) in [6.45, 7) is 2.59. The summed E-state index contributed by atoms with van der Waals surface area (Å²) in [6, 6.07) is 8.35. The predicted molar refractivity (Wildman–Crippen MR) is 93.1 cm³/mol. The van der Waals surface area contributed by atoms with E-state index in [9.17, 15) is 9.59 Å².